The van der Waals surface area contributed by atoms with Crippen LogP contribution >= 0.6 is 0 Å². The molecule has 8 heteroatoms. The second-order valence-corrected chi connectivity index (χ2v) is 6.58. The number of carbonyl (C=O) groups excluding carboxylic acids is 1. The predicted molar refractivity (Wildman–Crippen MR) is 89.9 cm³/mol. The molecule has 0 aromatic carbocycles. The number of nitrogens with zero attached hydrogens (tertiary/aromatic N) is 6. The van der Waals surface area contributed by atoms with Crippen LogP contribution in [0.5, 0.6) is 0 Å². The van der Waals surface area contributed by atoms with Crippen LogP contribution in [0.1, 0.15) is 43.0 Å². The van der Waals surface area contributed by atoms with Crippen LogP contribution in [0.15, 0.2) is 23.0 Å². The van der Waals surface area contributed by atoms with Gasteiger partial charge in [0.2, 0.25) is 11.8 Å². The number of hydrogen-bond acceptors (Lipinski definition) is 6. The highest BCUT2D eigenvalue weighted by molar-refractivity contribution is 5.75. The SMILES string of the molecule is CC(=O)N1CCCC(c2noc(Cn3ncc4cc(C)cnc43)n2)C1. The van der Waals surface area contributed by atoms with Gasteiger partial charge in [-0.3, -0.25) is 4.79 Å². The number of amides is 1. The fourth-order valence-electron chi connectivity index (χ4n) is 3.30. The Kier molecular flexibility index (Phi) is 3.95. The van der Waals surface area contributed by atoms with Gasteiger partial charge in [0.1, 0.15) is 6.54 Å². The molecule has 0 radical (unpaired) electrons. The molecule has 1 aliphatic rings. The molecular weight excluding hydrogens is 320 g/mol. The van der Waals surface area contributed by atoms with Crippen LogP contribution < -0.4 is 0 Å². The molecule has 8 nitrogen and oxygen atoms in total. The molecule has 0 N–H and O–H groups in total. The topological polar surface area (TPSA) is 89.9 Å². The van der Waals surface area contributed by atoms with E-state index in [1.54, 1.807) is 17.8 Å². The first kappa shape index (κ1) is 15.7. The summed E-state index contributed by atoms with van der Waals surface area (Å²) >= 11 is 0. The van der Waals surface area contributed by atoms with E-state index >= 15 is 0 Å². The van der Waals surface area contributed by atoms with Crippen molar-refractivity contribution in [2.75, 3.05) is 13.1 Å². The van der Waals surface area contributed by atoms with Crippen molar-refractivity contribution in [1.29, 1.82) is 0 Å². The van der Waals surface area contributed by atoms with Gasteiger partial charge in [0.05, 0.1) is 6.20 Å². The molecule has 25 heavy (non-hydrogen) atoms. The van der Waals surface area contributed by atoms with Gasteiger partial charge in [-0.2, -0.15) is 10.1 Å². The smallest absolute Gasteiger partial charge is 0.248 e. The average Bonchev–Trinajstić information content (AvgIpc) is 3.22. The zero-order valence-electron chi connectivity index (χ0n) is 14.3. The number of aromatic nitrogens is 5. The zero-order chi connectivity index (χ0) is 17.4. The lowest BCUT2D eigenvalue weighted by molar-refractivity contribution is -0.130. The van der Waals surface area contributed by atoms with Crippen LogP contribution in [0, 0.1) is 6.92 Å². The molecule has 3 aromatic rings. The Labute approximate surface area is 144 Å². The quantitative estimate of drug-likeness (QED) is 0.723. The molecule has 1 atom stereocenters. The van der Waals surface area contributed by atoms with Gasteiger partial charge in [-0.05, 0) is 31.4 Å². The van der Waals surface area contributed by atoms with E-state index < -0.39 is 0 Å². The lowest BCUT2D eigenvalue weighted by Gasteiger charge is -2.30. The number of piperidine rings is 1. The Morgan fingerprint density at radius 3 is 3.12 bits per heavy atom. The van der Waals surface area contributed by atoms with E-state index in [4.69, 9.17) is 4.52 Å². The summed E-state index contributed by atoms with van der Waals surface area (Å²) in [6.07, 6.45) is 5.53. The summed E-state index contributed by atoms with van der Waals surface area (Å²) in [5.74, 6) is 1.40. The summed E-state index contributed by atoms with van der Waals surface area (Å²) in [6, 6.07) is 2.05. The first-order chi connectivity index (χ1) is 12.1. The predicted octanol–water partition coefficient (Wildman–Crippen LogP) is 1.90. The summed E-state index contributed by atoms with van der Waals surface area (Å²) < 4.78 is 7.17. The molecule has 1 unspecified atom stereocenters. The van der Waals surface area contributed by atoms with E-state index in [2.05, 4.69) is 20.2 Å². The van der Waals surface area contributed by atoms with Crippen LogP contribution in [-0.2, 0) is 11.3 Å². The molecule has 1 fully saturated rings. The van der Waals surface area contributed by atoms with E-state index in [1.165, 1.54) is 0 Å². The van der Waals surface area contributed by atoms with E-state index in [9.17, 15) is 4.79 Å². The third-order valence-electron chi connectivity index (χ3n) is 4.61. The highest BCUT2D eigenvalue weighted by Crippen LogP contribution is 2.25. The Balaban J connectivity index is 1.52. The van der Waals surface area contributed by atoms with E-state index in [1.807, 2.05) is 24.1 Å². The summed E-state index contributed by atoms with van der Waals surface area (Å²) in [6.45, 7) is 5.45. The van der Waals surface area contributed by atoms with Gasteiger partial charge in [0.25, 0.3) is 0 Å². The highest BCUT2D eigenvalue weighted by Gasteiger charge is 2.26. The largest absolute Gasteiger partial charge is 0.342 e. The molecule has 1 aliphatic heterocycles. The normalized spacial score (nSPS) is 18.0. The Hall–Kier alpha value is -2.77. The van der Waals surface area contributed by atoms with Crippen molar-refractivity contribution in [3.8, 4) is 0 Å². The number of fused-ring (bicyclic) bond motifs is 1. The molecular formula is C17H20N6O2. The monoisotopic (exact) mass is 340 g/mol. The molecule has 3 aromatic heterocycles. The van der Waals surface area contributed by atoms with Crippen LogP contribution in [0.25, 0.3) is 11.0 Å². The summed E-state index contributed by atoms with van der Waals surface area (Å²) in [5.41, 5.74) is 1.89. The molecule has 0 bridgehead atoms. The molecule has 0 spiro atoms. The average molecular weight is 340 g/mol. The maximum Gasteiger partial charge on any atom is 0.248 e. The molecule has 130 valence electrons. The standard InChI is InChI=1S/C17H20N6O2/c1-11-6-14-8-19-23(17(14)18-7-11)10-15-20-16(21-25-15)13-4-3-5-22(9-13)12(2)24/h6-8,13H,3-5,9-10H2,1-2H3. The van der Waals surface area contributed by atoms with Gasteiger partial charge < -0.3 is 9.42 Å². The number of pyridine rings is 1. The van der Waals surface area contributed by atoms with Crippen molar-refractivity contribution in [2.45, 2.75) is 39.2 Å². The van der Waals surface area contributed by atoms with Crippen molar-refractivity contribution in [1.82, 2.24) is 29.8 Å². The van der Waals surface area contributed by atoms with E-state index in [0.717, 1.165) is 36.0 Å². The van der Waals surface area contributed by atoms with Crippen LogP contribution in [0.4, 0.5) is 0 Å². The molecule has 1 amide bonds. The van der Waals surface area contributed by atoms with Gasteiger partial charge in [-0.25, -0.2) is 9.67 Å². The Morgan fingerprint density at radius 1 is 1.40 bits per heavy atom. The van der Waals surface area contributed by atoms with Crippen molar-refractivity contribution >= 4 is 16.9 Å². The third kappa shape index (κ3) is 3.11. The maximum absolute atomic E-state index is 11.6. The van der Waals surface area contributed by atoms with Crippen molar-refractivity contribution < 1.29 is 9.32 Å². The first-order valence-electron chi connectivity index (χ1n) is 8.46. The van der Waals surface area contributed by atoms with Crippen LogP contribution in [-0.4, -0.2) is 48.8 Å². The third-order valence-corrected chi connectivity index (χ3v) is 4.61. The zero-order valence-corrected chi connectivity index (χ0v) is 14.3. The molecule has 0 saturated carbocycles. The second kappa shape index (κ2) is 6.27. The number of hydrogen-bond donors (Lipinski definition) is 0. The van der Waals surface area contributed by atoms with Crippen molar-refractivity contribution in [3.63, 3.8) is 0 Å². The van der Waals surface area contributed by atoms with Gasteiger partial charge >= 0.3 is 0 Å². The second-order valence-electron chi connectivity index (χ2n) is 6.58. The van der Waals surface area contributed by atoms with Gasteiger partial charge in [-0.15, -0.1) is 0 Å². The van der Waals surface area contributed by atoms with Crippen LogP contribution in [0.3, 0.4) is 0 Å². The van der Waals surface area contributed by atoms with E-state index in [-0.39, 0.29) is 11.8 Å². The molecule has 0 aliphatic carbocycles. The fourth-order valence-corrected chi connectivity index (χ4v) is 3.30. The number of carbonyl (C=O) groups is 1. The first-order valence-corrected chi connectivity index (χ1v) is 8.46. The Morgan fingerprint density at radius 2 is 2.28 bits per heavy atom. The minimum atomic E-state index is 0.0952. The summed E-state index contributed by atoms with van der Waals surface area (Å²) in [4.78, 5) is 22.4. The van der Waals surface area contributed by atoms with Crippen molar-refractivity contribution in [3.05, 3.63) is 35.7 Å². The lowest BCUT2D eigenvalue weighted by atomic mass is 9.97. The molecule has 4 heterocycles. The lowest BCUT2D eigenvalue weighted by Crippen LogP contribution is -2.37. The van der Waals surface area contributed by atoms with Gasteiger partial charge in [0, 0.05) is 37.5 Å². The van der Waals surface area contributed by atoms with Gasteiger partial charge in [0.15, 0.2) is 11.5 Å². The fraction of sp³-hybridized carbons (Fsp3) is 0.471. The van der Waals surface area contributed by atoms with Crippen molar-refractivity contribution in [2.24, 2.45) is 0 Å². The summed E-state index contributed by atoms with van der Waals surface area (Å²) in [5, 5.41) is 9.47. The number of aryl methyl sites for hydroxylation is 1. The minimum absolute atomic E-state index is 0.0952. The highest BCUT2D eigenvalue weighted by atomic mass is 16.5. The van der Waals surface area contributed by atoms with Gasteiger partial charge in [-0.1, -0.05) is 5.16 Å². The Bertz CT molecular complexity index is 915. The number of rotatable bonds is 3. The van der Waals surface area contributed by atoms with E-state index in [0.29, 0.717) is 24.8 Å². The summed E-state index contributed by atoms with van der Waals surface area (Å²) in [7, 11) is 0. The molecule has 1 saturated heterocycles. The number of likely N-dealkylation sites (tertiary alicyclic amines) is 1. The minimum Gasteiger partial charge on any atom is -0.342 e. The molecule has 4 rings (SSSR count). The van der Waals surface area contributed by atoms with Crippen LogP contribution in [0.2, 0.25) is 0 Å². The maximum atomic E-state index is 11.6.